The molecule has 1 aromatic carbocycles. The highest BCUT2D eigenvalue weighted by Gasteiger charge is 2.21. The highest BCUT2D eigenvalue weighted by atomic mass is 16.2. The van der Waals surface area contributed by atoms with Crippen molar-refractivity contribution in [1.29, 1.82) is 0 Å². The standard InChI is InChI=1S/C17H16N4O2/c22-15-2-1-9-21(15)13-5-3-12(4-6-13)10-20-11-19-14-7-8-18-16(14)17(20)23/h3-8,11,18H,1-2,9-10H2. The van der Waals surface area contributed by atoms with Crippen LogP contribution < -0.4 is 10.5 Å². The minimum atomic E-state index is -0.0844. The highest BCUT2D eigenvalue weighted by Crippen LogP contribution is 2.21. The summed E-state index contributed by atoms with van der Waals surface area (Å²) in [6, 6.07) is 9.55. The summed E-state index contributed by atoms with van der Waals surface area (Å²) in [5.41, 5.74) is 3.02. The van der Waals surface area contributed by atoms with E-state index in [1.165, 1.54) is 0 Å². The summed E-state index contributed by atoms with van der Waals surface area (Å²) in [6.07, 6.45) is 4.82. The van der Waals surface area contributed by atoms with E-state index in [0.717, 1.165) is 24.2 Å². The molecule has 23 heavy (non-hydrogen) atoms. The lowest BCUT2D eigenvalue weighted by Crippen LogP contribution is -2.23. The zero-order valence-electron chi connectivity index (χ0n) is 12.5. The van der Waals surface area contributed by atoms with Gasteiger partial charge in [0.05, 0.1) is 18.4 Å². The summed E-state index contributed by atoms with van der Waals surface area (Å²) in [5.74, 6) is 0.176. The van der Waals surface area contributed by atoms with Gasteiger partial charge in [-0.05, 0) is 30.2 Å². The Hall–Kier alpha value is -2.89. The molecule has 116 valence electrons. The predicted octanol–water partition coefficient (Wildman–Crippen LogP) is 1.90. The maximum atomic E-state index is 12.4. The fourth-order valence-corrected chi connectivity index (χ4v) is 2.98. The number of benzene rings is 1. The SMILES string of the molecule is O=C1CCCN1c1ccc(Cn2cnc3cc[nH]c3c2=O)cc1. The lowest BCUT2D eigenvalue weighted by Gasteiger charge is -2.16. The summed E-state index contributed by atoms with van der Waals surface area (Å²) >= 11 is 0. The van der Waals surface area contributed by atoms with Crippen LogP contribution >= 0.6 is 0 Å². The number of H-pyrrole nitrogens is 1. The number of aromatic nitrogens is 3. The van der Waals surface area contributed by atoms with E-state index in [2.05, 4.69) is 9.97 Å². The molecular formula is C17H16N4O2. The molecular weight excluding hydrogens is 292 g/mol. The number of hydrogen-bond acceptors (Lipinski definition) is 3. The molecule has 0 bridgehead atoms. The molecule has 3 heterocycles. The Balaban J connectivity index is 1.59. The number of anilines is 1. The molecule has 1 N–H and O–H groups in total. The average Bonchev–Trinajstić information content (AvgIpc) is 3.20. The van der Waals surface area contributed by atoms with E-state index in [9.17, 15) is 9.59 Å². The number of aromatic amines is 1. The van der Waals surface area contributed by atoms with Crippen molar-refractivity contribution in [2.45, 2.75) is 19.4 Å². The predicted molar refractivity (Wildman–Crippen MR) is 87.5 cm³/mol. The lowest BCUT2D eigenvalue weighted by atomic mass is 10.2. The normalized spacial score (nSPS) is 14.8. The fraction of sp³-hybridized carbons (Fsp3) is 0.235. The topological polar surface area (TPSA) is 71.0 Å². The van der Waals surface area contributed by atoms with E-state index >= 15 is 0 Å². The average molecular weight is 308 g/mol. The summed E-state index contributed by atoms with van der Waals surface area (Å²) in [4.78, 5) is 33.1. The van der Waals surface area contributed by atoms with E-state index < -0.39 is 0 Å². The molecule has 1 amide bonds. The number of carbonyl (C=O) groups excluding carboxylic acids is 1. The molecule has 6 nitrogen and oxygen atoms in total. The molecule has 1 saturated heterocycles. The van der Waals surface area contributed by atoms with Gasteiger partial charge < -0.3 is 9.88 Å². The summed E-state index contributed by atoms with van der Waals surface area (Å²) in [6.45, 7) is 1.24. The second kappa shape index (κ2) is 5.39. The first-order valence-corrected chi connectivity index (χ1v) is 7.64. The van der Waals surface area contributed by atoms with E-state index in [1.54, 1.807) is 23.2 Å². The molecule has 4 rings (SSSR count). The van der Waals surface area contributed by atoms with Crippen LogP contribution in [-0.4, -0.2) is 27.0 Å². The van der Waals surface area contributed by atoms with Gasteiger partial charge >= 0.3 is 0 Å². The van der Waals surface area contributed by atoms with Crippen LogP contribution in [0.15, 0.2) is 47.7 Å². The van der Waals surface area contributed by atoms with Crippen LogP contribution in [0.1, 0.15) is 18.4 Å². The lowest BCUT2D eigenvalue weighted by molar-refractivity contribution is -0.117. The zero-order chi connectivity index (χ0) is 15.8. The Morgan fingerprint density at radius 2 is 1.96 bits per heavy atom. The maximum absolute atomic E-state index is 12.4. The van der Waals surface area contributed by atoms with Crippen LogP contribution in [0, 0.1) is 0 Å². The Kier molecular flexibility index (Phi) is 3.22. The van der Waals surface area contributed by atoms with Crippen LogP contribution in [0.3, 0.4) is 0 Å². The van der Waals surface area contributed by atoms with Gasteiger partial charge in [0, 0.05) is 24.8 Å². The van der Waals surface area contributed by atoms with Crippen molar-refractivity contribution in [3.63, 3.8) is 0 Å². The van der Waals surface area contributed by atoms with E-state index in [-0.39, 0.29) is 11.5 Å². The zero-order valence-corrected chi connectivity index (χ0v) is 12.5. The van der Waals surface area contributed by atoms with Crippen molar-refractivity contribution >= 4 is 22.6 Å². The second-order valence-corrected chi connectivity index (χ2v) is 5.73. The van der Waals surface area contributed by atoms with Gasteiger partial charge in [0.2, 0.25) is 5.91 Å². The van der Waals surface area contributed by atoms with E-state index in [0.29, 0.717) is 24.0 Å². The van der Waals surface area contributed by atoms with Crippen LogP contribution in [0.4, 0.5) is 5.69 Å². The third kappa shape index (κ3) is 2.42. The molecule has 0 spiro atoms. The van der Waals surface area contributed by atoms with E-state index in [4.69, 9.17) is 0 Å². The van der Waals surface area contributed by atoms with Crippen LogP contribution in [0.5, 0.6) is 0 Å². The molecule has 0 radical (unpaired) electrons. The van der Waals surface area contributed by atoms with Crippen molar-refractivity contribution in [2.75, 3.05) is 11.4 Å². The summed E-state index contributed by atoms with van der Waals surface area (Å²) < 4.78 is 1.58. The van der Waals surface area contributed by atoms with Crippen molar-refractivity contribution in [2.24, 2.45) is 0 Å². The second-order valence-electron chi connectivity index (χ2n) is 5.73. The highest BCUT2D eigenvalue weighted by molar-refractivity contribution is 5.95. The third-order valence-electron chi connectivity index (χ3n) is 4.21. The number of nitrogens with one attached hydrogen (secondary N) is 1. The van der Waals surface area contributed by atoms with Crippen LogP contribution in [0.25, 0.3) is 11.0 Å². The number of nitrogens with zero attached hydrogens (tertiary/aromatic N) is 3. The van der Waals surface area contributed by atoms with Crippen molar-refractivity contribution in [3.05, 3.63) is 58.8 Å². The molecule has 1 aliphatic rings. The number of amides is 1. The quantitative estimate of drug-likeness (QED) is 0.803. The van der Waals surface area contributed by atoms with Gasteiger partial charge in [-0.15, -0.1) is 0 Å². The molecule has 0 saturated carbocycles. The van der Waals surface area contributed by atoms with E-state index in [1.807, 2.05) is 29.2 Å². The third-order valence-corrected chi connectivity index (χ3v) is 4.21. The Morgan fingerprint density at radius 3 is 2.70 bits per heavy atom. The fourth-order valence-electron chi connectivity index (χ4n) is 2.98. The number of rotatable bonds is 3. The van der Waals surface area contributed by atoms with Gasteiger partial charge in [-0.2, -0.15) is 0 Å². The Morgan fingerprint density at radius 1 is 1.13 bits per heavy atom. The molecule has 3 aromatic rings. The van der Waals surface area contributed by atoms with Crippen molar-refractivity contribution in [3.8, 4) is 0 Å². The molecule has 6 heteroatoms. The molecule has 1 aliphatic heterocycles. The smallest absolute Gasteiger partial charge is 0.277 e. The summed E-state index contributed by atoms with van der Waals surface area (Å²) in [5, 5.41) is 0. The number of carbonyl (C=O) groups is 1. The van der Waals surface area contributed by atoms with Crippen LogP contribution in [-0.2, 0) is 11.3 Å². The molecule has 0 unspecified atom stereocenters. The monoisotopic (exact) mass is 308 g/mol. The first kappa shape index (κ1) is 13.8. The minimum Gasteiger partial charge on any atom is -0.355 e. The Bertz CT molecular complexity index is 924. The largest absolute Gasteiger partial charge is 0.355 e. The van der Waals surface area contributed by atoms with Crippen LogP contribution in [0.2, 0.25) is 0 Å². The first-order valence-electron chi connectivity index (χ1n) is 7.64. The first-order chi connectivity index (χ1) is 11.2. The van der Waals surface area contributed by atoms with Gasteiger partial charge in [0.15, 0.2) is 0 Å². The van der Waals surface area contributed by atoms with Gasteiger partial charge in [0.25, 0.3) is 5.56 Å². The molecule has 0 aliphatic carbocycles. The van der Waals surface area contributed by atoms with Gasteiger partial charge in [0.1, 0.15) is 5.52 Å². The van der Waals surface area contributed by atoms with Crippen molar-refractivity contribution < 1.29 is 4.79 Å². The maximum Gasteiger partial charge on any atom is 0.277 e. The number of hydrogen-bond donors (Lipinski definition) is 1. The number of fused-ring (bicyclic) bond motifs is 1. The van der Waals surface area contributed by atoms with Gasteiger partial charge in [-0.1, -0.05) is 12.1 Å². The Labute approximate surface area is 132 Å². The van der Waals surface area contributed by atoms with Crippen molar-refractivity contribution in [1.82, 2.24) is 14.5 Å². The molecule has 1 fully saturated rings. The van der Waals surface area contributed by atoms with Gasteiger partial charge in [-0.3, -0.25) is 14.2 Å². The summed E-state index contributed by atoms with van der Waals surface area (Å²) in [7, 11) is 0. The van der Waals surface area contributed by atoms with Gasteiger partial charge in [-0.25, -0.2) is 4.98 Å². The molecule has 2 aromatic heterocycles. The molecule has 0 atom stereocenters. The minimum absolute atomic E-state index is 0.0844.